The molecule has 0 saturated carbocycles. The minimum Gasteiger partial charge on any atom is -0.504 e. The zero-order valence-electron chi connectivity index (χ0n) is 19.6. The molecule has 10 N–H and O–H groups in total. The van der Waals surface area contributed by atoms with Gasteiger partial charge in [-0.25, -0.2) is 0 Å². The standard InChI is InChI=1S/C22H36N10O2/c1-34-19-6-13(2-3-18(19)33)4-5-27-20-28-21(31-9-14(23)7-15(24)10-31)30-22(29-20)32-11-16(25)8-17(26)12-32/h2-3,6,14-17,33H,4-5,7-12,23-26H2,1H3,(H,27,28,29,30). The van der Waals surface area contributed by atoms with E-state index in [0.717, 1.165) is 18.4 Å². The number of nitrogens with one attached hydrogen (secondary N) is 1. The molecule has 2 aliphatic heterocycles. The van der Waals surface area contributed by atoms with Crippen molar-refractivity contribution in [3.63, 3.8) is 0 Å². The number of nitrogens with zero attached hydrogens (tertiary/aromatic N) is 5. The van der Waals surface area contributed by atoms with Gasteiger partial charge in [0.1, 0.15) is 0 Å². The van der Waals surface area contributed by atoms with Crippen LogP contribution in [-0.4, -0.2) is 84.1 Å². The molecule has 2 fully saturated rings. The number of phenols is 1. The van der Waals surface area contributed by atoms with Crippen LogP contribution in [0.15, 0.2) is 18.2 Å². The molecule has 2 saturated heterocycles. The Labute approximate surface area is 199 Å². The van der Waals surface area contributed by atoms with Crippen LogP contribution in [0.5, 0.6) is 11.5 Å². The SMILES string of the molecule is COc1cc(CCNc2nc(N3CC(N)CC(N)C3)nc(N3CC(N)CC(N)C3)n2)ccc1O. The first-order valence-corrected chi connectivity index (χ1v) is 11.7. The number of hydrogen-bond acceptors (Lipinski definition) is 12. The van der Waals surface area contributed by atoms with E-state index in [1.807, 2.05) is 21.9 Å². The van der Waals surface area contributed by atoms with E-state index in [-0.39, 0.29) is 29.9 Å². The number of aromatic nitrogens is 3. The lowest BCUT2D eigenvalue weighted by atomic mass is 10.0. The van der Waals surface area contributed by atoms with E-state index in [0.29, 0.717) is 62.7 Å². The molecule has 1 aromatic heterocycles. The summed E-state index contributed by atoms with van der Waals surface area (Å²) in [5.41, 5.74) is 25.8. The summed E-state index contributed by atoms with van der Waals surface area (Å²) in [6.45, 7) is 3.09. The third-order valence-electron chi connectivity index (χ3n) is 6.15. The molecule has 34 heavy (non-hydrogen) atoms. The van der Waals surface area contributed by atoms with Gasteiger partial charge in [-0.3, -0.25) is 0 Å². The van der Waals surface area contributed by atoms with E-state index in [9.17, 15) is 5.11 Å². The molecule has 0 aliphatic carbocycles. The Balaban J connectivity index is 1.54. The van der Waals surface area contributed by atoms with Gasteiger partial charge in [0.15, 0.2) is 11.5 Å². The van der Waals surface area contributed by atoms with Crippen LogP contribution >= 0.6 is 0 Å². The molecule has 0 radical (unpaired) electrons. The number of benzene rings is 1. The number of aromatic hydroxyl groups is 1. The monoisotopic (exact) mass is 472 g/mol. The highest BCUT2D eigenvalue weighted by Gasteiger charge is 2.28. The fourth-order valence-electron chi connectivity index (χ4n) is 4.60. The Morgan fingerprint density at radius 2 is 1.44 bits per heavy atom. The average Bonchev–Trinajstić information content (AvgIpc) is 2.78. The van der Waals surface area contributed by atoms with Crippen molar-refractivity contribution in [2.45, 2.75) is 43.4 Å². The Morgan fingerprint density at radius 1 is 0.912 bits per heavy atom. The number of methoxy groups -OCH3 is 1. The molecule has 3 heterocycles. The van der Waals surface area contributed by atoms with E-state index in [2.05, 4.69) is 15.3 Å². The summed E-state index contributed by atoms with van der Waals surface area (Å²) in [6, 6.07) is 5.14. The summed E-state index contributed by atoms with van der Waals surface area (Å²) in [5.74, 6) is 2.10. The van der Waals surface area contributed by atoms with Gasteiger partial charge in [0, 0.05) is 56.9 Å². The van der Waals surface area contributed by atoms with Crippen molar-refractivity contribution in [2.24, 2.45) is 22.9 Å². The highest BCUT2D eigenvalue weighted by Crippen LogP contribution is 2.26. The Hall–Kier alpha value is -2.93. The molecule has 1 aromatic carbocycles. The molecule has 12 heteroatoms. The minimum absolute atomic E-state index is 0.0401. The molecular formula is C22H36N10O2. The zero-order valence-corrected chi connectivity index (χ0v) is 19.6. The fourth-order valence-corrected chi connectivity index (χ4v) is 4.60. The Morgan fingerprint density at radius 3 is 1.94 bits per heavy atom. The number of rotatable bonds is 7. The lowest BCUT2D eigenvalue weighted by molar-refractivity contribution is 0.373. The van der Waals surface area contributed by atoms with Crippen LogP contribution in [0.1, 0.15) is 18.4 Å². The van der Waals surface area contributed by atoms with Crippen molar-refractivity contribution in [1.82, 2.24) is 15.0 Å². The average molecular weight is 473 g/mol. The molecule has 2 aromatic rings. The zero-order chi connectivity index (χ0) is 24.2. The van der Waals surface area contributed by atoms with Gasteiger partial charge in [-0.1, -0.05) is 6.07 Å². The molecule has 4 rings (SSSR count). The van der Waals surface area contributed by atoms with Crippen molar-refractivity contribution in [3.05, 3.63) is 23.8 Å². The third kappa shape index (κ3) is 5.95. The van der Waals surface area contributed by atoms with Crippen molar-refractivity contribution in [1.29, 1.82) is 0 Å². The first-order chi connectivity index (χ1) is 16.3. The molecule has 0 amide bonds. The summed E-state index contributed by atoms with van der Waals surface area (Å²) >= 11 is 0. The van der Waals surface area contributed by atoms with Crippen molar-refractivity contribution < 1.29 is 9.84 Å². The number of nitrogens with two attached hydrogens (primary N) is 4. The van der Waals surface area contributed by atoms with Crippen molar-refractivity contribution >= 4 is 17.8 Å². The second kappa shape index (κ2) is 10.6. The van der Waals surface area contributed by atoms with Crippen molar-refractivity contribution in [3.8, 4) is 11.5 Å². The number of anilines is 3. The second-order valence-corrected chi connectivity index (χ2v) is 9.26. The first-order valence-electron chi connectivity index (χ1n) is 11.7. The van der Waals surface area contributed by atoms with Gasteiger partial charge in [0.25, 0.3) is 0 Å². The summed E-state index contributed by atoms with van der Waals surface area (Å²) < 4.78 is 5.20. The van der Waals surface area contributed by atoms with Crippen LogP contribution in [0.4, 0.5) is 17.8 Å². The molecule has 12 nitrogen and oxygen atoms in total. The van der Waals surface area contributed by atoms with Gasteiger partial charge in [-0.05, 0) is 37.0 Å². The van der Waals surface area contributed by atoms with Gasteiger partial charge < -0.3 is 47.9 Å². The molecule has 2 aliphatic rings. The molecule has 186 valence electrons. The van der Waals surface area contributed by atoms with Gasteiger partial charge in [-0.15, -0.1) is 0 Å². The quantitative estimate of drug-likeness (QED) is 0.288. The smallest absolute Gasteiger partial charge is 0.232 e. The molecule has 0 spiro atoms. The van der Waals surface area contributed by atoms with Crippen molar-refractivity contribution in [2.75, 3.05) is 55.0 Å². The van der Waals surface area contributed by atoms with Gasteiger partial charge in [0.05, 0.1) is 7.11 Å². The second-order valence-electron chi connectivity index (χ2n) is 9.26. The summed E-state index contributed by atoms with van der Waals surface area (Å²) in [5, 5.41) is 13.1. The van der Waals surface area contributed by atoms with Crippen LogP contribution in [0.3, 0.4) is 0 Å². The molecule has 0 bridgehead atoms. The highest BCUT2D eigenvalue weighted by molar-refractivity contribution is 5.47. The topological polar surface area (TPSA) is 191 Å². The molecule has 4 atom stereocenters. The third-order valence-corrected chi connectivity index (χ3v) is 6.15. The fraction of sp³-hybridized carbons (Fsp3) is 0.591. The Bertz CT molecular complexity index is 912. The van der Waals surface area contributed by atoms with E-state index in [1.54, 1.807) is 6.07 Å². The maximum atomic E-state index is 9.81. The number of hydrogen-bond donors (Lipinski definition) is 6. The van der Waals surface area contributed by atoms with E-state index in [1.165, 1.54) is 7.11 Å². The largest absolute Gasteiger partial charge is 0.504 e. The summed E-state index contributed by atoms with van der Waals surface area (Å²) in [7, 11) is 1.53. The van der Waals surface area contributed by atoms with Crippen LogP contribution in [0, 0.1) is 0 Å². The molecule has 4 unspecified atom stereocenters. The van der Waals surface area contributed by atoms with E-state index < -0.39 is 0 Å². The lowest BCUT2D eigenvalue weighted by Gasteiger charge is -2.37. The van der Waals surface area contributed by atoms with E-state index in [4.69, 9.17) is 32.7 Å². The number of ether oxygens (including phenoxy) is 1. The predicted octanol–water partition coefficient (Wildman–Crippen LogP) is -1.03. The highest BCUT2D eigenvalue weighted by atomic mass is 16.5. The lowest BCUT2D eigenvalue weighted by Crippen LogP contribution is -2.54. The van der Waals surface area contributed by atoms with Gasteiger partial charge >= 0.3 is 0 Å². The number of phenolic OH excluding ortho intramolecular Hbond substituents is 1. The first kappa shape index (κ1) is 24.2. The maximum absolute atomic E-state index is 9.81. The maximum Gasteiger partial charge on any atom is 0.232 e. The summed E-state index contributed by atoms with van der Waals surface area (Å²) in [4.78, 5) is 18.1. The predicted molar refractivity (Wildman–Crippen MR) is 132 cm³/mol. The van der Waals surface area contributed by atoms with Crippen LogP contribution in [0.2, 0.25) is 0 Å². The Kier molecular flexibility index (Phi) is 7.51. The number of piperidine rings is 2. The molecular weight excluding hydrogens is 436 g/mol. The van der Waals surface area contributed by atoms with Gasteiger partial charge in [-0.2, -0.15) is 15.0 Å². The van der Waals surface area contributed by atoms with Gasteiger partial charge in [0.2, 0.25) is 17.8 Å². The normalized spacial score (nSPS) is 25.3. The minimum atomic E-state index is -0.0401. The van der Waals surface area contributed by atoms with Crippen LogP contribution in [0.25, 0.3) is 0 Å². The van der Waals surface area contributed by atoms with E-state index >= 15 is 0 Å². The van der Waals surface area contributed by atoms with Crippen LogP contribution in [-0.2, 0) is 6.42 Å². The van der Waals surface area contributed by atoms with Crippen LogP contribution < -0.4 is 42.8 Å². The summed E-state index contributed by atoms with van der Waals surface area (Å²) in [6.07, 6.45) is 2.23.